The van der Waals surface area contributed by atoms with E-state index in [1.54, 1.807) is 26.0 Å². The van der Waals surface area contributed by atoms with Gasteiger partial charge in [-0.1, -0.05) is 6.07 Å². The maximum Gasteiger partial charge on any atom is 0.316 e. The summed E-state index contributed by atoms with van der Waals surface area (Å²) in [5, 5.41) is 8.60. The van der Waals surface area contributed by atoms with Crippen molar-refractivity contribution < 1.29 is 13.9 Å². The van der Waals surface area contributed by atoms with Crippen LogP contribution < -0.4 is 0 Å². The molecule has 0 fully saturated rings. The zero-order valence-corrected chi connectivity index (χ0v) is 11.1. The fourth-order valence-corrected chi connectivity index (χ4v) is 2.07. The van der Waals surface area contributed by atoms with E-state index in [0.717, 1.165) is 0 Å². The summed E-state index contributed by atoms with van der Waals surface area (Å²) in [6.45, 7) is 3.56. The van der Waals surface area contributed by atoms with Crippen molar-refractivity contribution in [2.45, 2.75) is 25.7 Å². The lowest BCUT2D eigenvalue weighted by atomic mass is 10.1. The van der Waals surface area contributed by atoms with Crippen LogP contribution in [0.1, 0.15) is 25.0 Å². The zero-order chi connectivity index (χ0) is 13.5. The molecule has 1 rings (SSSR count). The third-order valence-corrected chi connectivity index (χ3v) is 2.98. The fourth-order valence-electron chi connectivity index (χ4n) is 1.28. The molecule has 0 aliphatic rings. The minimum Gasteiger partial charge on any atom is -0.462 e. The topological polar surface area (TPSA) is 50.1 Å². The highest BCUT2D eigenvalue weighted by atomic mass is 32.2. The van der Waals surface area contributed by atoms with Gasteiger partial charge in [0.15, 0.2) is 0 Å². The number of nitriles is 1. The first-order valence-electron chi connectivity index (χ1n) is 5.48. The van der Waals surface area contributed by atoms with Gasteiger partial charge < -0.3 is 4.74 Å². The van der Waals surface area contributed by atoms with Gasteiger partial charge in [0.1, 0.15) is 5.82 Å². The van der Waals surface area contributed by atoms with Gasteiger partial charge in [0.05, 0.1) is 23.5 Å². The van der Waals surface area contributed by atoms with Crippen LogP contribution in [0.5, 0.6) is 0 Å². The van der Waals surface area contributed by atoms with Crippen molar-refractivity contribution in [1.29, 1.82) is 5.26 Å². The van der Waals surface area contributed by atoms with E-state index in [0.29, 0.717) is 16.9 Å². The molecule has 0 amide bonds. The van der Waals surface area contributed by atoms with Crippen LogP contribution in [0.15, 0.2) is 18.2 Å². The van der Waals surface area contributed by atoms with Gasteiger partial charge in [-0.15, -0.1) is 11.8 Å². The van der Waals surface area contributed by atoms with Crippen molar-refractivity contribution in [3.63, 3.8) is 0 Å². The Bertz CT molecular complexity index is 469. The monoisotopic (exact) mass is 267 g/mol. The molecule has 0 radical (unpaired) electrons. The van der Waals surface area contributed by atoms with Crippen LogP contribution in [0, 0.1) is 17.1 Å². The Morgan fingerprint density at radius 2 is 2.28 bits per heavy atom. The number of hydrogen-bond acceptors (Lipinski definition) is 4. The molecule has 0 aromatic heterocycles. The second-order valence-corrected chi connectivity index (χ2v) is 4.94. The average Bonchev–Trinajstić information content (AvgIpc) is 2.30. The normalized spacial score (nSPS) is 10.2. The lowest BCUT2D eigenvalue weighted by molar-refractivity contribution is -0.144. The standard InChI is InChI=1S/C13H14FNO2S/c1-9(2)17-13(16)8-18-7-11-4-3-10(6-15)5-12(11)14/h3-5,9H,7-8H2,1-2H3. The molecule has 0 unspecified atom stereocenters. The van der Waals surface area contributed by atoms with Crippen LogP contribution in [0.4, 0.5) is 4.39 Å². The van der Waals surface area contributed by atoms with E-state index in [2.05, 4.69) is 0 Å². The summed E-state index contributed by atoms with van der Waals surface area (Å²) in [4.78, 5) is 11.2. The Kier molecular flexibility index (Phi) is 5.66. The molecule has 1 aromatic rings. The highest BCUT2D eigenvalue weighted by Gasteiger charge is 2.08. The smallest absolute Gasteiger partial charge is 0.316 e. The molecule has 0 N–H and O–H groups in total. The number of carbonyl (C=O) groups is 1. The van der Waals surface area contributed by atoms with Crippen molar-refractivity contribution in [1.82, 2.24) is 0 Å². The van der Waals surface area contributed by atoms with E-state index in [4.69, 9.17) is 10.00 Å². The summed E-state index contributed by atoms with van der Waals surface area (Å²) >= 11 is 1.29. The van der Waals surface area contributed by atoms with Gasteiger partial charge in [-0.2, -0.15) is 5.26 Å². The Balaban J connectivity index is 2.45. The van der Waals surface area contributed by atoms with Gasteiger partial charge in [0.2, 0.25) is 0 Å². The number of thioether (sulfide) groups is 1. The summed E-state index contributed by atoms with van der Waals surface area (Å²) < 4.78 is 18.4. The Morgan fingerprint density at radius 3 is 2.83 bits per heavy atom. The summed E-state index contributed by atoms with van der Waals surface area (Å²) in [5.41, 5.74) is 0.775. The Morgan fingerprint density at radius 1 is 1.56 bits per heavy atom. The third-order valence-electron chi connectivity index (χ3n) is 2.03. The summed E-state index contributed by atoms with van der Waals surface area (Å²) in [5.74, 6) is -0.148. The Labute approximate surface area is 110 Å². The summed E-state index contributed by atoms with van der Waals surface area (Å²) in [7, 11) is 0. The third kappa shape index (κ3) is 4.76. The van der Waals surface area contributed by atoms with Crippen LogP contribution in [0.3, 0.4) is 0 Å². The number of hydrogen-bond donors (Lipinski definition) is 0. The van der Waals surface area contributed by atoms with Crippen LogP contribution in [-0.2, 0) is 15.3 Å². The average molecular weight is 267 g/mol. The molecule has 18 heavy (non-hydrogen) atoms. The molecule has 0 saturated heterocycles. The van der Waals surface area contributed by atoms with E-state index in [9.17, 15) is 9.18 Å². The maximum absolute atomic E-state index is 13.5. The van der Waals surface area contributed by atoms with Crippen molar-refractivity contribution in [2.75, 3.05) is 5.75 Å². The zero-order valence-electron chi connectivity index (χ0n) is 10.3. The Hall–Kier alpha value is -1.54. The first-order valence-corrected chi connectivity index (χ1v) is 6.64. The van der Waals surface area contributed by atoms with E-state index < -0.39 is 5.82 Å². The molecular formula is C13H14FNO2S. The quantitative estimate of drug-likeness (QED) is 0.770. The SMILES string of the molecule is CC(C)OC(=O)CSCc1ccc(C#N)cc1F. The molecule has 0 spiro atoms. The van der Waals surface area contributed by atoms with Crippen molar-refractivity contribution in [2.24, 2.45) is 0 Å². The molecule has 0 aliphatic carbocycles. The maximum atomic E-state index is 13.5. The molecule has 96 valence electrons. The van der Waals surface area contributed by atoms with Crippen LogP contribution in [0.2, 0.25) is 0 Å². The molecular weight excluding hydrogens is 253 g/mol. The number of nitrogens with zero attached hydrogens (tertiary/aromatic N) is 1. The van der Waals surface area contributed by atoms with E-state index in [1.165, 1.54) is 17.8 Å². The largest absolute Gasteiger partial charge is 0.462 e. The number of esters is 1. The van der Waals surface area contributed by atoms with Crippen molar-refractivity contribution in [3.05, 3.63) is 35.1 Å². The molecule has 5 heteroatoms. The summed E-state index contributed by atoms with van der Waals surface area (Å²) in [6.07, 6.45) is -0.134. The predicted molar refractivity (Wildman–Crippen MR) is 68.5 cm³/mol. The minimum atomic E-state index is -0.418. The lowest BCUT2D eigenvalue weighted by Gasteiger charge is -2.07. The van der Waals surface area contributed by atoms with Gasteiger partial charge in [-0.3, -0.25) is 4.79 Å². The second kappa shape index (κ2) is 7.02. The van der Waals surface area contributed by atoms with Crippen LogP contribution in [0.25, 0.3) is 0 Å². The molecule has 0 aliphatic heterocycles. The van der Waals surface area contributed by atoms with Gasteiger partial charge >= 0.3 is 5.97 Å². The molecule has 0 saturated carbocycles. The lowest BCUT2D eigenvalue weighted by Crippen LogP contribution is -2.13. The van der Waals surface area contributed by atoms with E-state index >= 15 is 0 Å². The molecule has 0 bridgehead atoms. The molecule has 0 heterocycles. The highest BCUT2D eigenvalue weighted by molar-refractivity contribution is 7.99. The van der Waals surface area contributed by atoms with E-state index in [-0.39, 0.29) is 17.8 Å². The van der Waals surface area contributed by atoms with Crippen LogP contribution >= 0.6 is 11.8 Å². The second-order valence-electron chi connectivity index (χ2n) is 3.95. The number of ether oxygens (including phenoxy) is 1. The number of halogens is 1. The fraction of sp³-hybridized carbons (Fsp3) is 0.385. The molecule has 3 nitrogen and oxygen atoms in total. The molecule has 0 atom stereocenters. The number of carbonyl (C=O) groups excluding carboxylic acids is 1. The highest BCUT2D eigenvalue weighted by Crippen LogP contribution is 2.17. The first-order chi connectivity index (χ1) is 8.52. The van der Waals surface area contributed by atoms with Gasteiger partial charge in [-0.05, 0) is 31.5 Å². The first kappa shape index (κ1) is 14.5. The minimum absolute atomic E-state index is 0.134. The van der Waals surface area contributed by atoms with E-state index in [1.807, 2.05) is 6.07 Å². The summed E-state index contributed by atoms with van der Waals surface area (Å²) in [6, 6.07) is 6.19. The van der Waals surface area contributed by atoms with Gasteiger partial charge in [-0.25, -0.2) is 4.39 Å². The van der Waals surface area contributed by atoms with Crippen LogP contribution in [-0.4, -0.2) is 17.8 Å². The number of rotatable bonds is 5. The van der Waals surface area contributed by atoms with Crippen molar-refractivity contribution >= 4 is 17.7 Å². The van der Waals surface area contributed by atoms with Gasteiger partial charge in [0.25, 0.3) is 0 Å². The molecule has 1 aromatic carbocycles. The predicted octanol–water partition coefficient (Wildman–Crippen LogP) is 2.88. The van der Waals surface area contributed by atoms with Gasteiger partial charge in [0, 0.05) is 5.75 Å². The number of benzene rings is 1. The van der Waals surface area contributed by atoms with Crippen molar-refractivity contribution in [3.8, 4) is 6.07 Å².